The highest BCUT2D eigenvalue weighted by Crippen LogP contribution is 2.10. The summed E-state index contributed by atoms with van der Waals surface area (Å²) in [6.07, 6.45) is 8.82. The lowest BCUT2D eigenvalue weighted by Crippen LogP contribution is -2.12. The summed E-state index contributed by atoms with van der Waals surface area (Å²) in [5.74, 6) is -3.47. The molecule has 0 fully saturated rings. The Kier molecular flexibility index (Phi) is 3.23. The summed E-state index contributed by atoms with van der Waals surface area (Å²) in [7, 11) is 0. The molecule has 0 spiro atoms. The average molecular weight is 194 g/mol. The molecule has 2 N–H and O–H groups in total. The number of carbonyl (C=O) groups is 2. The van der Waals surface area contributed by atoms with Gasteiger partial charge in [-0.05, 0) is 0 Å². The van der Waals surface area contributed by atoms with Gasteiger partial charge < -0.3 is 10.2 Å². The fourth-order valence-electron chi connectivity index (χ4n) is 1.06. The van der Waals surface area contributed by atoms with Crippen molar-refractivity contribution < 1.29 is 19.8 Å². The summed E-state index contributed by atoms with van der Waals surface area (Å²) in [6.45, 7) is 0. The van der Waals surface area contributed by atoms with E-state index < -0.39 is 23.8 Å². The molecule has 4 nitrogen and oxygen atoms in total. The van der Waals surface area contributed by atoms with Crippen molar-refractivity contribution in [3.05, 3.63) is 36.5 Å². The van der Waals surface area contributed by atoms with Crippen molar-refractivity contribution in [2.75, 3.05) is 0 Å². The maximum Gasteiger partial charge on any atom is 0.314 e. The zero-order valence-corrected chi connectivity index (χ0v) is 7.33. The topological polar surface area (TPSA) is 74.6 Å². The van der Waals surface area contributed by atoms with Crippen LogP contribution in [0, 0.1) is 11.8 Å². The predicted molar refractivity (Wildman–Crippen MR) is 49.7 cm³/mol. The highest BCUT2D eigenvalue weighted by molar-refractivity contribution is 5.77. The maximum absolute atomic E-state index is 10.6. The Morgan fingerprint density at radius 1 is 0.786 bits per heavy atom. The van der Waals surface area contributed by atoms with E-state index in [4.69, 9.17) is 10.2 Å². The van der Waals surface area contributed by atoms with E-state index in [1.807, 2.05) is 0 Å². The first kappa shape index (κ1) is 10.2. The van der Waals surface area contributed by atoms with E-state index in [1.54, 1.807) is 0 Å². The van der Waals surface area contributed by atoms with Crippen LogP contribution in [-0.4, -0.2) is 22.2 Å². The standard InChI is InChI=1S/C10H10O4/c11-9(12)7-3-1-2-4-8(6-5-7)10(13)14/h1-8H,(H,11,12)(H,13,14)/t7-,8+. The summed E-state index contributed by atoms with van der Waals surface area (Å²) < 4.78 is 0. The SMILES string of the molecule is O=C(O)[C@@H]1C=CC=C[C@H](C(=O)O)C=C1. The summed E-state index contributed by atoms with van der Waals surface area (Å²) in [5.41, 5.74) is 0. The second-order valence-electron chi connectivity index (χ2n) is 2.88. The first-order valence-corrected chi connectivity index (χ1v) is 4.10. The molecule has 0 bridgehead atoms. The zero-order valence-electron chi connectivity index (χ0n) is 7.33. The average Bonchev–Trinajstić information content (AvgIpc) is 2.01. The van der Waals surface area contributed by atoms with Gasteiger partial charge in [-0.25, -0.2) is 0 Å². The van der Waals surface area contributed by atoms with Crippen LogP contribution in [0.2, 0.25) is 0 Å². The van der Waals surface area contributed by atoms with E-state index in [2.05, 4.69) is 0 Å². The van der Waals surface area contributed by atoms with Gasteiger partial charge in [-0.15, -0.1) is 0 Å². The molecule has 0 aromatic rings. The second kappa shape index (κ2) is 4.41. The van der Waals surface area contributed by atoms with Crippen LogP contribution in [0.15, 0.2) is 36.5 Å². The fourth-order valence-corrected chi connectivity index (χ4v) is 1.06. The van der Waals surface area contributed by atoms with Gasteiger partial charge in [-0.3, -0.25) is 9.59 Å². The van der Waals surface area contributed by atoms with Crippen molar-refractivity contribution in [2.45, 2.75) is 0 Å². The number of aliphatic carboxylic acids is 2. The highest BCUT2D eigenvalue weighted by Gasteiger charge is 2.14. The van der Waals surface area contributed by atoms with Crippen molar-refractivity contribution in [1.82, 2.24) is 0 Å². The minimum atomic E-state index is -0.989. The largest absolute Gasteiger partial charge is 0.481 e. The third-order valence-electron chi connectivity index (χ3n) is 1.84. The Morgan fingerprint density at radius 3 is 1.43 bits per heavy atom. The van der Waals surface area contributed by atoms with Crippen LogP contribution in [-0.2, 0) is 9.59 Å². The van der Waals surface area contributed by atoms with Crippen LogP contribution >= 0.6 is 0 Å². The normalized spacial score (nSPS) is 25.4. The maximum atomic E-state index is 10.6. The van der Waals surface area contributed by atoms with Crippen LogP contribution < -0.4 is 0 Å². The molecule has 0 aliphatic heterocycles. The molecule has 1 rings (SSSR count). The third kappa shape index (κ3) is 2.58. The first-order chi connectivity index (χ1) is 6.61. The summed E-state index contributed by atoms with van der Waals surface area (Å²) in [4.78, 5) is 21.2. The van der Waals surface area contributed by atoms with Gasteiger partial charge >= 0.3 is 11.9 Å². The van der Waals surface area contributed by atoms with E-state index in [9.17, 15) is 9.59 Å². The lowest BCUT2D eigenvalue weighted by atomic mass is 10.0. The molecule has 0 aromatic heterocycles. The van der Waals surface area contributed by atoms with Crippen LogP contribution in [0.3, 0.4) is 0 Å². The van der Waals surface area contributed by atoms with Crippen molar-refractivity contribution in [2.24, 2.45) is 11.8 Å². The number of rotatable bonds is 2. The summed E-state index contributed by atoms with van der Waals surface area (Å²) in [5, 5.41) is 17.4. The first-order valence-electron chi connectivity index (χ1n) is 4.10. The van der Waals surface area contributed by atoms with Gasteiger partial charge in [0, 0.05) is 0 Å². The third-order valence-corrected chi connectivity index (χ3v) is 1.84. The molecule has 14 heavy (non-hydrogen) atoms. The predicted octanol–water partition coefficient (Wildman–Crippen LogP) is 1.07. The van der Waals surface area contributed by atoms with E-state index in [0.29, 0.717) is 0 Å². The minimum absolute atomic E-state index is 0.748. The smallest absolute Gasteiger partial charge is 0.314 e. The monoisotopic (exact) mass is 194 g/mol. The molecule has 1 aliphatic carbocycles. The Hall–Kier alpha value is -1.84. The van der Waals surface area contributed by atoms with Gasteiger partial charge in [-0.2, -0.15) is 0 Å². The van der Waals surface area contributed by atoms with Crippen molar-refractivity contribution in [3.8, 4) is 0 Å². The zero-order chi connectivity index (χ0) is 10.6. The van der Waals surface area contributed by atoms with Crippen molar-refractivity contribution >= 4 is 11.9 Å². The highest BCUT2D eigenvalue weighted by atomic mass is 16.4. The molecular formula is C10H10O4. The molecule has 4 heteroatoms. The molecule has 0 unspecified atom stereocenters. The molecule has 0 saturated heterocycles. The Labute approximate surface area is 80.9 Å². The van der Waals surface area contributed by atoms with Gasteiger partial charge in [-0.1, -0.05) is 36.5 Å². The number of hydrogen-bond donors (Lipinski definition) is 2. The van der Waals surface area contributed by atoms with Gasteiger partial charge in [0.25, 0.3) is 0 Å². The molecule has 1 aliphatic rings. The van der Waals surface area contributed by atoms with E-state index in [-0.39, 0.29) is 0 Å². The van der Waals surface area contributed by atoms with Gasteiger partial charge in [0.1, 0.15) is 0 Å². The Balaban J connectivity index is 2.88. The van der Waals surface area contributed by atoms with Crippen LogP contribution in [0.25, 0.3) is 0 Å². The molecule has 0 aromatic carbocycles. The van der Waals surface area contributed by atoms with Crippen molar-refractivity contribution in [1.29, 1.82) is 0 Å². The molecule has 0 heterocycles. The molecule has 0 saturated carbocycles. The van der Waals surface area contributed by atoms with E-state index in [0.717, 1.165) is 0 Å². The second-order valence-corrected chi connectivity index (χ2v) is 2.88. The molecule has 2 atom stereocenters. The lowest BCUT2D eigenvalue weighted by molar-refractivity contribution is -0.140. The van der Waals surface area contributed by atoms with Gasteiger partial charge in [0.05, 0.1) is 11.8 Å². The summed E-state index contributed by atoms with van der Waals surface area (Å²) in [6, 6.07) is 0. The van der Waals surface area contributed by atoms with Crippen LogP contribution in [0.1, 0.15) is 0 Å². The Morgan fingerprint density at radius 2 is 1.14 bits per heavy atom. The number of carboxylic acid groups (broad SMARTS) is 2. The quantitative estimate of drug-likeness (QED) is 0.645. The molecule has 0 amide bonds. The summed E-state index contributed by atoms with van der Waals surface area (Å²) >= 11 is 0. The molecule has 74 valence electrons. The van der Waals surface area contributed by atoms with Crippen LogP contribution in [0.4, 0.5) is 0 Å². The number of carboxylic acids is 2. The Bertz CT molecular complexity index is 293. The minimum Gasteiger partial charge on any atom is -0.481 e. The molecule has 0 radical (unpaired) electrons. The fraction of sp³-hybridized carbons (Fsp3) is 0.200. The molecular weight excluding hydrogens is 184 g/mol. The van der Waals surface area contributed by atoms with Crippen LogP contribution in [0.5, 0.6) is 0 Å². The number of hydrogen-bond acceptors (Lipinski definition) is 2. The van der Waals surface area contributed by atoms with Crippen molar-refractivity contribution in [3.63, 3.8) is 0 Å². The van der Waals surface area contributed by atoms with E-state index >= 15 is 0 Å². The van der Waals surface area contributed by atoms with Gasteiger partial charge in [0.2, 0.25) is 0 Å². The van der Waals surface area contributed by atoms with Gasteiger partial charge in [0.15, 0.2) is 0 Å². The lowest BCUT2D eigenvalue weighted by Gasteiger charge is -2.05. The number of allylic oxidation sites excluding steroid dienone is 2. The van der Waals surface area contributed by atoms with E-state index in [1.165, 1.54) is 36.5 Å².